The second-order valence-electron chi connectivity index (χ2n) is 9.09. The molecule has 0 radical (unpaired) electrons. The summed E-state index contributed by atoms with van der Waals surface area (Å²) >= 11 is 0. The zero-order chi connectivity index (χ0) is 22.9. The molecule has 0 aromatic carbocycles. The lowest BCUT2D eigenvalue weighted by Gasteiger charge is -2.37. The first kappa shape index (κ1) is 22.9. The van der Waals surface area contributed by atoms with Crippen molar-refractivity contribution in [2.24, 2.45) is 5.92 Å². The molecule has 32 heavy (non-hydrogen) atoms. The van der Waals surface area contributed by atoms with Gasteiger partial charge < -0.3 is 4.90 Å². The minimum Gasteiger partial charge on any atom is -0.340 e. The van der Waals surface area contributed by atoms with Crippen molar-refractivity contribution in [3.05, 3.63) is 22.8 Å². The SMILES string of the molecule is Cc1nc2nc(C(F)(F)F)nn2c(C)c1CCC(=O)N1CCN(CC2CCCCC2)CC1. The van der Waals surface area contributed by atoms with E-state index in [-0.39, 0.29) is 11.7 Å². The van der Waals surface area contributed by atoms with E-state index < -0.39 is 12.0 Å². The van der Waals surface area contributed by atoms with Crippen molar-refractivity contribution in [3.8, 4) is 0 Å². The summed E-state index contributed by atoms with van der Waals surface area (Å²) in [5.74, 6) is -0.395. The maximum absolute atomic E-state index is 13.0. The van der Waals surface area contributed by atoms with E-state index in [9.17, 15) is 18.0 Å². The molecule has 4 rings (SSSR count). The number of hydrogen-bond donors (Lipinski definition) is 0. The fourth-order valence-electron chi connectivity index (χ4n) is 5.00. The second-order valence-corrected chi connectivity index (χ2v) is 9.09. The third kappa shape index (κ3) is 5.05. The van der Waals surface area contributed by atoms with Crippen LogP contribution in [0.25, 0.3) is 5.78 Å². The van der Waals surface area contributed by atoms with Gasteiger partial charge in [-0.2, -0.15) is 18.2 Å². The van der Waals surface area contributed by atoms with Crippen LogP contribution in [-0.2, 0) is 17.4 Å². The molecule has 0 bridgehead atoms. The fourth-order valence-corrected chi connectivity index (χ4v) is 5.00. The summed E-state index contributed by atoms with van der Waals surface area (Å²) in [6, 6.07) is 0. The predicted octanol–water partition coefficient (Wildman–Crippen LogP) is 3.42. The first-order chi connectivity index (χ1) is 15.2. The maximum atomic E-state index is 13.0. The van der Waals surface area contributed by atoms with Gasteiger partial charge in [0, 0.05) is 50.5 Å². The fraction of sp³-hybridized carbons (Fsp3) is 0.727. The average Bonchev–Trinajstić information content (AvgIpc) is 3.19. The van der Waals surface area contributed by atoms with Crippen LogP contribution in [0.5, 0.6) is 0 Å². The molecule has 2 aromatic rings. The van der Waals surface area contributed by atoms with E-state index in [0.29, 0.717) is 24.2 Å². The van der Waals surface area contributed by atoms with Crippen molar-refractivity contribution in [2.75, 3.05) is 32.7 Å². The first-order valence-electron chi connectivity index (χ1n) is 11.5. The van der Waals surface area contributed by atoms with Crippen LogP contribution >= 0.6 is 0 Å². The summed E-state index contributed by atoms with van der Waals surface area (Å²) in [5.41, 5.74) is 1.88. The largest absolute Gasteiger partial charge is 0.453 e. The Morgan fingerprint density at radius 1 is 1.03 bits per heavy atom. The third-order valence-corrected chi connectivity index (χ3v) is 6.86. The lowest BCUT2D eigenvalue weighted by atomic mass is 9.89. The number of nitrogens with zero attached hydrogens (tertiary/aromatic N) is 6. The molecule has 0 N–H and O–H groups in total. The lowest BCUT2D eigenvalue weighted by Crippen LogP contribution is -2.49. The lowest BCUT2D eigenvalue weighted by molar-refractivity contribution is -0.144. The van der Waals surface area contributed by atoms with E-state index in [1.165, 1.54) is 32.1 Å². The summed E-state index contributed by atoms with van der Waals surface area (Å²) in [6.07, 6.45) is 2.80. The molecule has 0 atom stereocenters. The van der Waals surface area contributed by atoms with Crippen LogP contribution in [0.4, 0.5) is 13.2 Å². The molecule has 1 amide bonds. The molecular weight excluding hydrogens is 421 g/mol. The molecule has 0 spiro atoms. The Morgan fingerprint density at radius 2 is 1.72 bits per heavy atom. The number of carbonyl (C=O) groups excluding carboxylic acids is 1. The van der Waals surface area contributed by atoms with Gasteiger partial charge in [0.05, 0.1) is 0 Å². The zero-order valence-corrected chi connectivity index (χ0v) is 18.8. The number of fused-ring (bicyclic) bond motifs is 1. The highest BCUT2D eigenvalue weighted by Gasteiger charge is 2.37. The molecule has 1 saturated carbocycles. The van der Waals surface area contributed by atoms with Gasteiger partial charge in [-0.05, 0) is 44.6 Å². The van der Waals surface area contributed by atoms with Crippen LogP contribution in [0.2, 0.25) is 0 Å². The Hall–Kier alpha value is -2.23. The number of piperazine rings is 1. The van der Waals surface area contributed by atoms with Crippen molar-refractivity contribution < 1.29 is 18.0 Å². The van der Waals surface area contributed by atoms with Gasteiger partial charge in [0.2, 0.25) is 5.91 Å². The molecule has 2 aromatic heterocycles. The summed E-state index contributed by atoms with van der Waals surface area (Å²) < 4.78 is 40.0. The molecule has 10 heteroatoms. The van der Waals surface area contributed by atoms with E-state index in [0.717, 1.165) is 48.7 Å². The number of alkyl halides is 3. The van der Waals surface area contributed by atoms with Gasteiger partial charge in [0.15, 0.2) is 0 Å². The number of rotatable bonds is 5. The standard InChI is InChI=1S/C22H31F3N6O/c1-15-18(16(2)31-21(26-15)27-20(28-31)22(23,24)25)8-9-19(32)30-12-10-29(11-13-30)14-17-6-4-3-5-7-17/h17H,3-14H2,1-2H3. The molecule has 1 aliphatic heterocycles. The highest BCUT2D eigenvalue weighted by molar-refractivity contribution is 5.76. The highest BCUT2D eigenvalue weighted by atomic mass is 19.4. The van der Waals surface area contributed by atoms with E-state index in [4.69, 9.17) is 0 Å². The molecule has 1 aliphatic carbocycles. The molecule has 1 saturated heterocycles. The van der Waals surface area contributed by atoms with Gasteiger partial charge in [-0.15, -0.1) is 5.10 Å². The van der Waals surface area contributed by atoms with Crippen molar-refractivity contribution in [1.29, 1.82) is 0 Å². The molecule has 176 valence electrons. The minimum atomic E-state index is -4.62. The first-order valence-corrected chi connectivity index (χ1v) is 11.5. The van der Waals surface area contributed by atoms with Gasteiger partial charge in [0.1, 0.15) is 0 Å². The third-order valence-electron chi connectivity index (χ3n) is 6.86. The van der Waals surface area contributed by atoms with Gasteiger partial charge >= 0.3 is 6.18 Å². The normalized spacial score (nSPS) is 19.1. The average molecular weight is 453 g/mol. The molecule has 2 aliphatic rings. The Bertz CT molecular complexity index is 959. The summed E-state index contributed by atoms with van der Waals surface area (Å²) in [5, 5.41) is 3.58. The van der Waals surface area contributed by atoms with Crippen LogP contribution < -0.4 is 0 Å². The van der Waals surface area contributed by atoms with E-state index in [1.807, 2.05) is 4.90 Å². The number of hydrogen-bond acceptors (Lipinski definition) is 5. The van der Waals surface area contributed by atoms with Crippen LogP contribution in [0.15, 0.2) is 0 Å². The van der Waals surface area contributed by atoms with Crippen molar-refractivity contribution in [2.45, 2.75) is 65.0 Å². The van der Waals surface area contributed by atoms with E-state index in [1.54, 1.807) is 13.8 Å². The van der Waals surface area contributed by atoms with Crippen LogP contribution in [0.1, 0.15) is 61.3 Å². The monoisotopic (exact) mass is 452 g/mol. The Balaban J connectivity index is 1.34. The number of aryl methyl sites for hydroxylation is 2. The number of halogens is 3. The number of carbonyl (C=O) groups is 1. The van der Waals surface area contributed by atoms with Gasteiger partial charge in [-0.25, -0.2) is 9.50 Å². The molecule has 2 fully saturated rings. The van der Waals surface area contributed by atoms with Crippen LogP contribution in [0.3, 0.4) is 0 Å². The smallest absolute Gasteiger partial charge is 0.340 e. The summed E-state index contributed by atoms with van der Waals surface area (Å²) in [6.45, 7) is 7.86. The van der Waals surface area contributed by atoms with Crippen LogP contribution in [0, 0.1) is 19.8 Å². The Kier molecular flexibility index (Phi) is 6.69. The van der Waals surface area contributed by atoms with Gasteiger partial charge in [-0.1, -0.05) is 19.3 Å². The van der Waals surface area contributed by atoms with Crippen molar-refractivity contribution in [1.82, 2.24) is 29.4 Å². The van der Waals surface area contributed by atoms with E-state index >= 15 is 0 Å². The summed E-state index contributed by atoms with van der Waals surface area (Å²) in [4.78, 5) is 24.9. The highest BCUT2D eigenvalue weighted by Crippen LogP contribution is 2.27. The molecule has 0 unspecified atom stereocenters. The minimum absolute atomic E-state index is 0.0727. The number of aromatic nitrogens is 4. The zero-order valence-electron chi connectivity index (χ0n) is 18.8. The topological polar surface area (TPSA) is 66.6 Å². The maximum Gasteiger partial charge on any atom is 0.453 e. The quantitative estimate of drug-likeness (QED) is 0.696. The van der Waals surface area contributed by atoms with E-state index in [2.05, 4.69) is 20.0 Å². The van der Waals surface area contributed by atoms with Crippen LogP contribution in [-0.4, -0.2) is 68.0 Å². The van der Waals surface area contributed by atoms with Crippen molar-refractivity contribution in [3.63, 3.8) is 0 Å². The number of amides is 1. The summed E-state index contributed by atoms with van der Waals surface area (Å²) in [7, 11) is 0. The Labute approximate surface area is 186 Å². The molecular formula is C22H31F3N6O. The van der Waals surface area contributed by atoms with Gasteiger partial charge in [-0.3, -0.25) is 9.69 Å². The molecule has 3 heterocycles. The second kappa shape index (κ2) is 9.33. The predicted molar refractivity (Wildman–Crippen MR) is 113 cm³/mol. The Morgan fingerprint density at radius 3 is 2.38 bits per heavy atom. The molecule has 7 nitrogen and oxygen atoms in total. The van der Waals surface area contributed by atoms with Crippen molar-refractivity contribution >= 4 is 11.7 Å². The van der Waals surface area contributed by atoms with Gasteiger partial charge in [0.25, 0.3) is 11.6 Å².